The number of nitrogens with one attached hydrogen (secondary N) is 1. The van der Waals surface area contributed by atoms with E-state index in [1.165, 1.54) is 4.57 Å². The molecule has 2 heterocycles. The number of rotatable bonds is 3. The van der Waals surface area contributed by atoms with E-state index in [-0.39, 0.29) is 11.5 Å². The summed E-state index contributed by atoms with van der Waals surface area (Å²) in [6, 6.07) is 17.6. The largest absolute Gasteiger partial charge is 0.322 e. The van der Waals surface area contributed by atoms with Crippen LogP contribution in [0.3, 0.4) is 0 Å². The molecule has 0 aliphatic carbocycles. The van der Waals surface area contributed by atoms with Gasteiger partial charge in [-0.15, -0.1) is 0 Å². The Hall–Kier alpha value is -3.32. The number of pyridine rings is 1. The number of carbonyl (C=O) groups is 1. The predicted molar refractivity (Wildman–Crippen MR) is 112 cm³/mol. The van der Waals surface area contributed by atoms with E-state index in [2.05, 4.69) is 31.2 Å². The van der Waals surface area contributed by atoms with Crippen LogP contribution >= 0.6 is 15.9 Å². The monoisotopic (exact) mass is 434 g/mol. The van der Waals surface area contributed by atoms with Gasteiger partial charge in [0.25, 0.3) is 11.5 Å². The molecule has 0 aliphatic heterocycles. The van der Waals surface area contributed by atoms with E-state index in [1.54, 1.807) is 61.7 Å². The number of fused-ring (bicyclic) bond motifs is 1. The van der Waals surface area contributed by atoms with Crippen LogP contribution in [-0.2, 0) is 0 Å². The molecule has 28 heavy (non-hydrogen) atoms. The molecular formula is C21H15BrN4O2. The number of anilines is 1. The minimum atomic E-state index is -0.202. The standard InChI is InChI=1S/C21H15BrN4O2/c1-13-24-19-18(3-2-12-23-19)21(28)26(13)17-10-8-16(9-11-17)25-20(27)14-4-6-15(22)7-5-14/h2-12H,1H3,(H,25,27). The Morgan fingerprint density at radius 2 is 1.75 bits per heavy atom. The van der Waals surface area contributed by atoms with Crippen molar-refractivity contribution < 1.29 is 4.79 Å². The Bertz CT molecular complexity index is 1230. The lowest BCUT2D eigenvalue weighted by atomic mass is 10.2. The third-order valence-corrected chi connectivity index (χ3v) is 4.83. The summed E-state index contributed by atoms with van der Waals surface area (Å²) in [7, 11) is 0. The van der Waals surface area contributed by atoms with Crippen molar-refractivity contribution in [2.24, 2.45) is 0 Å². The molecule has 4 aromatic rings. The first-order valence-electron chi connectivity index (χ1n) is 8.55. The number of benzene rings is 2. The summed E-state index contributed by atoms with van der Waals surface area (Å²) in [4.78, 5) is 33.7. The van der Waals surface area contributed by atoms with Gasteiger partial charge in [-0.3, -0.25) is 14.2 Å². The second-order valence-electron chi connectivity index (χ2n) is 6.18. The van der Waals surface area contributed by atoms with E-state index in [0.29, 0.717) is 33.8 Å². The number of carbonyl (C=O) groups excluding carboxylic acids is 1. The van der Waals surface area contributed by atoms with E-state index in [4.69, 9.17) is 0 Å². The summed E-state index contributed by atoms with van der Waals surface area (Å²) < 4.78 is 2.44. The average Bonchev–Trinajstić information content (AvgIpc) is 2.70. The highest BCUT2D eigenvalue weighted by atomic mass is 79.9. The third-order valence-electron chi connectivity index (χ3n) is 4.30. The Labute approximate surface area is 169 Å². The topological polar surface area (TPSA) is 76.9 Å². The van der Waals surface area contributed by atoms with Crippen molar-refractivity contribution in [2.75, 3.05) is 5.32 Å². The lowest BCUT2D eigenvalue weighted by molar-refractivity contribution is 0.102. The van der Waals surface area contributed by atoms with Crippen LogP contribution in [0, 0.1) is 6.92 Å². The summed E-state index contributed by atoms with van der Waals surface area (Å²) in [6.07, 6.45) is 1.61. The molecule has 0 atom stereocenters. The summed E-state index contributed by atoms with van der Waals surface area (Å²) in [5.41, 5.74) is 2.12. The van der Waals surface area contributed by atoms with Crippen molar-refractivity contribution in [3.8, 4) is 5.69 Å². The van der Waals surface area contributed by atoms with Gasteiger partial charge >= 0.3 is 0 Å². The van der Waals surface area contributed by atoms with Gasteiger partial charge in [-0.25, -0.2) is 9.97 Å². The smallest absolute Gasteiger partial charge is 0.267 e. The Kier molecular flexibility index (Phi) is 4.75. The number of hydrogen-bond donors (Lipinski definition) is 1. The van der Waals surface area contributed by atoms with E-state index in [0.717, 1.165) is 4.47 Å². The third kappa shape index (κ3) is 3.44. The van der Waals surface area contributed by atoms with Gasteiger partial charge in [-0.1, -0.05) is 15.9 Å². The molecule has 0 aliphatic rings. The number of hydrogen-bond acceptors (Lipinski definition) is 4. The molecule has 6 nitrogen and oxygen atoms in total. The summed E-state index contributed by atoms with van der Waals surface area (Å²) in [6.45, 7) is 1.76. The number of halogens is 1. The maximum absolute atomic E-state index is 12.8. The normalized spacial score (nSPS) is 10.8. The number of nitrogens with zero attached hydrogens (tertiary/aromatic N) is 3. The van der Waals surface area contributed by atoms with Gasteiger partial charge in [0.2, 0.25) is 0 Å². The minimum absolute atomic E-state index is 0.178. The van der Waals surface area contributed by atoms with Crippen LogP contribution < -0.4 is 10.9 Å². The van der Waals surface area contributed by atoms with Crippen molar-refractivity contribution in [3.63, 3.8) is 0 Å². The molecule has 0 saturated heterocycles. The highest BCUT2D eigenvalue weighted by molar-refractivity contribution is 9.10. The SMILES string of the molecule is Cc1nc2ncccc2c(=O)n1-c1ccc(NC(=O)c2ccc(Br)cc2)cc1. The molecule has 0 fully saturated rings. The maximum atomic E-state index is 12.8. The Morgan fingerprint density at radius 1 is 1.04 bits per heavy atom. The van der Waals surface area contributed by atoms with Crippen LogP contribution in [0.5, 0.6) is 0 Å². The van der Waals surface area contributed by atoms with Gasteiger partial charge in [0, 0.05) is 21.9 Å². The molecule has 0 unspecified atom stereocenters. The highest BCUT2D eigenvalue weighted by Crippen LogP contribution is 2.17. The Morgan fingerprint density at radius 3 is 2.46 bits per heavy atom. The molecule has 2 aromatic heterocycles. The quantitative estimate of drug-likeness (QED) is 0.526. The van der Waals surface area contributed by atoms with Gasteiger partial charge < -0.3 is 5.32 Å². The molecule has 0 bridgehead atoms. The van der Waals surface area contributed by atoms with Crippen molar-refractivity contribution in [3.05, 3.63) is 93.1 Å². The van der Waals surface area contributed by atoms with Gasteiger partial charge in [-0.05, 0) is 67.6 Å². The molecule has 7 heteroatoms. The molecule has 0 radical (unpaired) electrons. The minimum Gasteiger partial charge on any atom is -0.322 e. The lowest BCUT2D eigenvalue weighted by Gasteiger charge is -2.11. The summed E-state index contributed by atoms with van der Waals surface area (Å²) in [5.74, 6) is 0.342. The fraction of sp³-hybridized carbons (Fsp3) is 0.0476. The van der Waals surface area contributed by atoms with Crippen molar-refractivity contribution in [1.29, 1.82) is 0 Å². The second-order valence-corrected chi connectivity index (χ2v) is 7.10. The first-order valence-corrected chi connectivity index (χ1v) is 9.34. The van der Waals surface area contributed by atoms with E-state index in [1.807, 2.05) is 12.1 Å². The zero-order valence-electron chi connectivity index (χ0n) is 14.9. The molecular weight excluding hydrogens is 420 g/mol. The van der Waals surface area contributed by atoms with Crippen molar-refractivity contribution >= 4 is 38.6 Å². The molecule has 2 aromatic carbocycles. The predicted octanol–water partition coefficient (Wildman–Crippen LogP) is 4.10. The molecule has 138 valence electrons. The number of amides is 1. The molecule has 1 N–H and O–H groups in total. The van der Waals surface area contributed by atoms with Crippen LogP contribution in [0.25, 0.3) is 16.7 Å². The zero-order valence-corrected chi connectivity index (χ0v) is 16.5. The van der Waals surface area contributed by atoms with Crippen molar-refractivity contribution in [2.45, 2.75) is 6.92 Å². The molecule has 0 saturated carbocycles. The lowest BCUT2D eigenvalue weighted by Crippen LogP contribution is -2.22. The van der Waals surface area contributed by atoms with Gasteiger partial charge in [-0.2, -0.15) is 0 Å². The van der Waals surface area contributed by atoms with Gasteiger partial charge in [0.15, 0.2) is 5.65 Å². The van der Waals surface area contributed by atoms with E-state index < -0.39 is 0 Å². The molecule has 4 rings (SSSR count). The molecule has 0 spiro atoms. The highest BCUT2D eigenvalue weighted by Gasteiger charge is 2.11. The van der Waals surface area contributed by atoms with Crippen LogP contribution in [0.1, 0.15) is 16.2 Å². The second kappa shape index (κ2) is 7.36. The van der Waals surface area contributed by atoms with E-state index >= 15 is 0 Å². The van der Waals surface area contributed by atoms with Crippen molar-refractivity contribution in [1.82, 2.24) is 14.5 Å². The van der Waals surface area contributed by atoms with Crippen LogP contribution in [0.2, 0.25) is 0 Å². The average molecular weight is 435 g/mol. The molecule has 1 amide bonds. The fourth-order valence-corrected chi connectivity index (χ4v) is 3.19. The van der Waals surface area contributed by atoms with Crippen LogP contribution in [0.4, 0.5) is 5.69 Å². The Balaban J connectivity index is 1.63. The number of aryl methyl sites for hydroxylation is 1. The van der Waals surface area contributed by atoms with Crippen LogP contribution in [-0.4, -0.2) is 20.4 Å². The van der Waals surface area contributed by atoms with Gasteiger partial charge in [0.05, 0.1) is 11.1 Å². The fourth-order valence-electron chi connectivity index (χ4n) is 2.93. The van der Waals surface area contributed by atoms with Gasteiger partial charge in [0.1, 0.15) is 5.82 Å². The first kappa shape index (κ1) is 18.1. The van der Waals surface area contributed by atoms with E-state index in [9.17, 15) is 9.59 Å². The first-order chi connectivity index (χ1) is 13.5. The zero-order chi connectivity index (χ0) is 19.7. The summed E-state index contributed by atoms with van der Waals surface area (Å²) in [5, 5.41) is 3.31. The maximum Gasteiger partial charge on any atom is 0.267 e. The van der Waals surface area contributed by atoms with Crippen LogP contribution in [0.15, 0.2) is 76.1 Å². The number of aromatic nitrogens is 3. The summed E-state index contributed by atoms with van der Waals surface area (Å²) >= 11 is 3.35.